The van der Waals surface area contributed by atoms with Crippen LogP contribution in [0.1, 0.15) is 17.3 Å². The third-order valence-corrected chi connectivity index (χ3v) is 5.03. The smallest absolute Gasteiger partial charge is 0.341 e. The molecule has 0 aromatic heterocycles. The highest BCUT2D eigenvalue weighted by atomic mass is 32.2. The van der Waals surface area contributed by atoms with E-state index in [9.17, 15) is 26.8 Å². The molecular formula is C18H18F2N2O5S. The molecule has 0 aliphatic rings. The molecule has 0 heterocycles. The number of benzene rings is 2. The number of nitrogens with zero attached hydrogens (tertiary/aromatic N) is 1. The number of sulfonamides is 1. The molecule has 0 unspecified atom stereocenters. The molecule has 0 bridgehead atoms. The molecule has 2 aromatic carbocycles. The highest BCUT2D eigenvalue weighted by molar-refractivity contribution is 7.92. The Kier molecular flexibility index (Phi) is 6.34. The van der Waals surface area contributed by atoms with Crippen molar-refractivity contribution in [1.82, 2.24) is 4.90 Å². The van der Waals surface area contributed by atoms with Crippen LogP contribution >= 0.6 is 0 Å². The molecule has 2 aromatic rings. The van der Waals surface area contributed by atoms with Crippen molar-refractivity contribution in [1.29, 1.82) is 0 Å². The molecule has 1 amide bonds. The zero-order valence-electron chi connectivity index (χ0n) is 15.3. The van der Waals surface area contributed by atoms with Crippen LogP contribution in [0.5, 0.6) is 0 Å². The lowest BCUT2D eigenvalue weighted by atomic mass is 10.2. The quantitative estimate of drug-likeness (QED) is 0.736. The number of rotatable bonds is 6. The second kappa shape index (κ2) is 8.34. The summed E-state index contributed by atoms with van der Waals surface area (Å²) in [5, 5.41) is 0. The zero-order chi connectivity index (χ0) is 21.1. The second-order valence-corrected chi connectivity index (χ2v) is 7.66. The number of ether oxygens (including phenoxy) is 1. The van der Waals surface area contributed by atoms with Crippen molar-refractivity contribution in [2.75, 3.05) is 18.8 Å². The molecule has 1 atom stereocenters. The average molecular weight is 412 g/mol. The van der Waals surface area contributed by atoms with E-state index in [0.717, 1.165) is 6.07 Å². The number of hydrogen-bond donors (Lipinski definition) is 1. The summed E-state index contributed by atoms with van der Waals surface area (Å²) >= 11 is 0. The summed E-state index contributed by atoms with van der Waals surface area (Å²) in [7, 11) is -1.55. The van der Waals surface area contributed by atoms with Crippen molar-refractivity contribution >= 4 is 27.6 Å². The number of hydrogen-bond acceptors (Lipinski definition) is 5. The highest BCUT2D eigenvalue weighted by Crippen LogP contribution is 2.23. The van der Waals surface area contributed by atoms with Gasteiger partial charge >= 0.3 is 5.97 Å². The van der Waals surface area contributed by atoms with Gasteiger partial charge < -0.3 is 9.64 Å². The van der Waals surface area contributed by atoms with E-state index in [2.05, 4.69) is 0 Å². The van der Waals surface area contributed by atoms with E-state index in [0.29, 0.717) is 12.1 Å². The number of anilines is 1. The summed E-state index contributed by atoms with van der Waals surface area (Å²) < 4.78 is 59.2. The van der Waals surface area contributed by atoms with Gasteiger partial charge in [0.2, 0.25) is 0 Å². The van der Waals surface area contributed by atoms with Crippen molar-refractivity contribution < 1.29 is 31.5 Å². The summed E-state index contributed by atoms with van der Waals surface area (Å²) in [6.07, 6.45) is -1.10. The molecule has 0 fully saturated rings. The number of esters is 1. The maximum Gasteiger partial charge on any atom is 0.341 e. The van der Waals surface area contributed by atoms with Gasteiger partial charge in [0, 0.05) is 14.1 Å². The summed E-state index contributed by atoms with van der Waals surface area (Å²) in [5.74, 6) is -3.52. The number of carbonyl (C=O) groups excluding carboxylic acids is 2. The Morgan fingerprint density at radius 3 is 2.39 bits per heavy atom. The van der Waals surface area contributed by atoms with Crippen LogP contribution in [0.2, 0.25) is 0 Å². The van der Waals surface area contributed by atoms with Gasteiger partial charge in [-0.15, -0.1) is 0 Å². The number of nitrogens with one attached hydrogen (secondary N) is 1. The van der Waals surface area contributed by atoms with Gasteiger partial charge in [-0.3, -0.25) is 9.52 Å². The summed E-state index contributed by atoms with van der Waals surface area (Å²) in [6, 6.07) is 7.40. The van der Waals surface area contributed by atoms with Crippen LogP contribution in [0.25, 0.3) is 0 Å². The molecule has 0 radical (unpaired) electrons. The Labute approximate surface area is 161 Å². The molecule has 10 heteroatoms. The molecule has 0 saturated carbocycles. The van der Waals surface area contributed by atoms with E-state index in [-0.39, 0.29) is 11.3 Å². The van der Waals surface area contributed by atoms with Gasteiger partial charge in [0.25, 0.3) is 15.9 Å². The average Bonchev–Trinajstić information content (AvgIpc) is 2.62. The fourth-order valence-electron chi connectivity index (χ4n) is 2.27. The molecule has 1 N–H and O–H groups in total. The minimum absolute atomic E-state index is 0.193. The number of carbonyl (C=O) groups is 2. The Morgan fingerprint density at radius 2 is 1.75 bits per heavy atom. The van der Waals surface area contributed by atoms with Gasteiger partial charge in [-0.25, -0.2) is 22.0 Å². The Morgan fingerprint density at radius 1 is 1.11 bits per heavy atom. The summed E-state index contributed by atoms with van der Waals surface area (Å²) in [4.78, 5) is 24.5. The normalized spacial score (nSPS) is 12.2. The van der Waals surface area contributed by atoms with Gasteiger partial charge in [0.1, 0.15) is 16.5 Å². The lowest BCUT2D eigenvalue weighted by molar-refractivity contribution is -0.137. The van der Waals surface area contributed by atoms with E-state index >= 15 is 0 Å². The lowest BCUT2D eigenvalue weighted by Crippen LogP contribution is -2.35. The third-order valence-electron chi connectivity index (χ3n) is 3.65. The fraction of sp³-hybridized carbons (Fsp3) is 0.222. The third kappa shape index (κ3) is 4.83. The molecule has 28 heavy (non-hydrogen) atoms. The topological polar surface area (TPSA) is 92.8 Å². The van der Waals surface area contributed by atoms with Crippen LogP contribution in [0, 0.1) is 11.6 Å². The van der Waals surface area contributed by atoms with Crippen LogP contribution < -0.4 is 4.72 Å². The predicted octanol–water partition coefficient (Wildman–Crippen LogP) is 2.40. The molecule has 2 rings (SSSR count). The zero-order valence-corrected chi connectivity index (χ0v) is 16.1. The monoisotopic (exact) mass is 412 g/mol. The predicted molar refractivity (Wildman–Crippen MR) is 97.2 cm³/mol. The standard InChI is InChI=1S/C18H18F2N2O5S/c1-11(17(23)22(2)3)27-18(24)13-6-4-5-7-15(13)21-28(25,26)16-10-12(19)8-9-14(16)20/h4-11,21H,1-3H3/t11-/m1/s1. The van der Waals surface area contributed by atoms with Crippen LogP contribution in [-0.2, 0) is 19.6 Å². The van der Waals surface area contributed by atoms with Crippen molar-refractivity contribution in [3.8, 4) is 0 Å². The number of likely N-dealkylation sites (N-methyl/N-ethyl adjacent to an activating group) is 1. The Bertz CT molecular complexity index is 1010. The first-order chi connectivity index (χ1) is 13.0. The maximum absolute atomic E-state index is 13.8. The van der Waals surface area contributed by atoms with Crippen molar-refractivity contribution in [3.63, 3.8) is 0 Å². The molecule has 150 valence electrons. The number of halogens is 2. The Balaban J connectivity index is 2.32. The largest absolute Gasteiger partial charge is 0.449 e. The van der Waals surface area contributed by atoms with Crippen LogP contribution in [0.15, 0.2) is 47.4 Å². The van der Waals surface area contributed by atoms with Crippen molar-refractivity contribution in [3.05, 3.63) is 59.7 Å². The summed E-state index contributed by atoms with van der Waals surface area (Å²) in [6.45, 7) is 1.37. The lowest BCUT2D eigenvalue weighted by Gasteiger charge is -2.18. The SMILES string of the molecule is C[C@@H](OC(=O)c1ccccc1NS(=O)(=O)c1cc(F)ccc1F)C(=O)N(C)C. The van der Waals surface area contributed by atoms with E-state index in [1.54, 1.807) is 0 Å². The number of amides is 1. The molecule has 7 nitrogen and oxygen atoms in total. The van der Waals surface area contributed by atoms with Crippen LogP contribution in [0.3, 0.4) is 0 Å². The van der Waals surface area contributed by atoms with Crippen LogP contribution in [0.4, 0.5) is 14.5 Å². The first kappa shape index (κ1) is 21.3. The second-order valence-electron chi connectivity index (χ2n) is 6.01. The molecule has 0 spiro atoms. The van der Waals surface area contributed by atoms with Gasteiger partial charge in [-0.1, -0.05) is 12.1 Å². The molecule has 0 aliphatic heterocycles. The van der Waals surface area contributed by atoms with Gasteiger partial charge in [0.05, 0.1) is 11.3 Å². The highest BCUT2D eigenvalue weighted by Gasteiger charge is 2.25. The first-order valence-corrected chi connectivity index (χ1v) is 9.50. The Hall–Kier alpha value is -3.01. The first-order valence-electron chi connectivity index (χ1n) is 8.02. The maximum atomic E-state index is 13.8. The van der Waals surface area contributed by atoms with Crippen molar-refractivity contribution in [2.45, 2.75) is 17.9 Å². The minimum atomic E-state index is -4.53. The van der Waals surface area contributed by atoms with E-state index in [4.69, 9.17) is 4.74 Å². The van der Waals surface area contributed by atoms with Gasteiger partial charge in [-0.05, 0) is 37.3 Å². The van der Waals surface area contributed by atoms with Gasteiger partial charge in [-0.2, -0.15) is 0 Å². The van der Waals surface area contributed by atoms with E-state index in [1.165, 1.54) is 50.2 Å². The van der Waals surface area contributed by atoms with Crippen LogP contribution in [-0.4, -0.2) is 45.4 Å². The van der Waals surface area contributed by atoms with E-state index in [1.807, 2.05) is 4.72 Å². The van der Waals surface area contributed by atoms with Crippen molar-refractivity contribution in [2.24, 2.45) is 0 Å². The molecule has 0 saturated heterocycles. The molecule has 0 aliphatic carbocycles. The fourth-order valence-corrected chi connectivity index (χ4v) is 3.44. The van der Waals surface area contributed by atoms with E-state index < -0.39 is 44.5 Å². The minimum Gasteiger partial charge on any atom is -0.449 e. The number of para-hydroxylation sites is 1. The summed E-state index contributed by atoms with van der Waals surface area (Å²) in [5.41, 5.74) is -0.401. The van der Waals surface area contributed by atoms with Gasteiger partial charge in [0.15, 0.2) is 6.10 Å². The molecular weight excluding hydrogens is 394 g/mol.